The molecule has 0 N–H and O–H groups in total. The molecule has 18 heavy (non-hydrogen) atoms. The van der Waals surface area contributed by atoms with Crippen LogP contribution in [0.2, 0.25) is 19.6 Å². The van der Waals surface area contributed by atoms with Gasteiger partial charge in [0.1, 0.15) is 6.10 Å². The molecule has 1 atom stereocenters. The topological polar surface area (TPSA) is 9.23 Å². The molecular formula is C15H17BrOSi. The molecule has 0 spiro atoms. The van der Waals surface area contributed by atoms with E-state index in [1.54, 1.807) is 0 Å². The first kappa shape index (κ1) is 13.6. The highest BCUT2D eigenvalue weighted by molar-refractivity contribution is 9.10. The monoisotopic (exact) mass is 320 g/mol. The highest BCUT2D eigenvalue weighted by Gasteiger charge is 2.26. The van der Waals surface area contributed by atoms with Gasteiger partial charge in [-0.2, -0.15) is 0 Å². The highest BCUT2D eigenvalue weighted by atomic mass is 79.9. The summed E-state index contributed by atoms with van der Waals surface area (Å²) in [5.41, 5.74) is 5.53. The first-order valence-corrected chi connectivity index (χ1v) is 10.2. The van der Waals surface area contributed by atoms with E-state index in [4.69, 9.17) is 4.43 Å². The first-order valence-electron chi connectivity index (χ1n) is 6.03. The van der Waals surface area contributed by atoms with Gasteiger partial charge >= 0.3 is 0 Å². The van der Waals surface area contributed by atoms with Gasteiger partial charge in [0.25, 0.3) is 0 Å². The number of allylic oxidation sites excluding steroid dienone is 1. The van der Waals surface area contributed by atoms with E-state index in [9.17, 15) is 0 Å². The van der Waals surface area contributed by atoms with Crippen LogP contribution in [0.5, 0.6) is 0 Å². The van der Waals surface area contributed by atoms with Gasteiger partial charge in [0.05, 0.1) is 0 Å². The van der Waals surface area contributed by atoms with E-state index in [0.29, 0.717) is 0 Å². The van der Waals surface area contributed by atoms with Gasteiger partial charge in [-0.25, -0.2) is 0 Å². The van der Waals surface area contributed by atoms with Crippen LogP contribution in [0.15, 0.2) is 58.3 Å². The van der Waals surface area contributed by atoms with Crippen LogP contribution in [0.3, 0.4) is 0 Å². The van der Waals surface area contributed by atoms with Crippen molar-refractivity contribution in [2.45, 2.75) is 25.7 Å². The van der Waals surface area contributed by atoms with Crippen LogP contribution >= 0.6 is 15.9 Å². The molecule has 0 saturated carbocycles. The summed E-state index contributed by atoms with van der Waals surface area (Å²) in [5.74, 6) is 0. The van der Waals surface area contributed by atoms with Crippen LogP contribution in [0.4, 0.5) is 0 Å². The predicted octanol–water partition coefficient (Wildman–Crippen LogP) is 4.99. The fourth-order valence-corrected chi connectivity index (χ4v) is 3.30. The molecule has 0 heterocycles. The summed E-state index contributed by atoms with van der Waals surface area (Å²) in [5, 5.41) is 0. The molecule has 94 valence electrons. The fourth-order valence-electron chi connectivity index (χ4n) is 1.84. The van der Waals surface area contributed by atoms with Gasteiger partial charge in [0.2, 0.25) is 0 Å². The summed E-state index contributed by atoms with van der Waals surface area (Å²) < 4.78 is 7.41. The summed E-state index contributed by atoms with van der Waals surface area (Å²) in [6, 6.07) is 8.23. The zero-order valence-corrected chi connectivity index (χ0v) is 13.5. The molecule has 1 aromatic carbocycles. The molecule has 0 radical (unpaired) electrons. The standard InChI is InChI=1S/C15H17BrOSi/c1-18(2,3)17-15(12-8-4-5-9-12)13-10-6-7-11-14(13)16/h4-8,10-11,15H,1-3H3. The molecule has 1 nitrogen and oxygen atoms in total. The largest absolute Gasteiger partial charge is 0.406 e. The Bertz CT molecular complexity index is 534. The van der Waals surface area contributed by atoms with Crippen molar-refractivity contribution in [2.75, 3.05) is 0 Å². The lowest BCUT2D eigenvalue weighted by molar-refractivity contribution is 0.239. The second-order valence-electron chi connectivity index (χ2n) is 5.26. The normalized spacial score (nSPS) is 15.9. The van der Waals surface area contributed by atoms with E-state index in [1.165, 1.54) is 5.56 Å². The summed E-state index contributed by atoms with van der Waals surface area (Å²) in [6.07, 6.45) is 5.99. The molecule has 0 aliphatic heterocycles. The Kier molecular flexibility index (Phi) is 4.08. The predicted molar refractivity (Wildman–Crippen MR) is 82.1 cm³/mol. The van der Waals surface area contributed by atoms with Gasteiger partial charge in [-0.05, 0) is 43.4 Å². The molecule has 0 fully saturated rings. The lowest BCUT2D eigenvalue weighted by Gasteiger charge is -2.27. The van der Waals surface area contributed by atoms with E-state index in [2.05, 4.69) is 59.5 Å². The van der Waals surface area contributed by atoms with Crippen molar-refractivity contribution in [1.29, 1.82) is 0 Å². The molecule has 3 heteroatoms. The van der Waals surface area contributed by atoms with Gasteiger partial charge < -0.3 is 4.43 Å². The average Bonchev–Trinajstić information content (AvgIpc) is 2.79. The van der Waals surface area contributed by atoms with Crippen LogP contribution in [0.25, 0.3) is 0 Å². The number of hydrogen-bond acceptors (Lipinski definition) is 1. The smallest absolute Gasteiger partial charge is 0.185 e. The molecule has 1 aliphatic carbocycles. The Labute approximate surface area is 118 Å². The molecule has 0 aromatic heterocycles. The van der Waals surface area contributed by atoms with E-state index >= 15 is 0 Å². The number of rotatable bonds is 4. The Morgan fingerprint density at radius 2 is 1.94 bits per heavy atom. The SMILES string of the molecule is C[Si](C)(C)OC(C1=C=CC=C1)c1ccccc1Br. The second-order valence-corrected chi connectivity index (χ2v) is 10.6. The Hall–Kier alpha value is -0.863. The van der Waals surface area contributed by atoms with Crippen LogP contribution < -0.4 is 0 Å². The van der Waals surface area contributed by atoms with Crippen LogP contribution in [-0.4, -0.2) is 8.32 Å². The maximum Gasteiger partial charge on any atom is 0.185 e. The van der Waals surface area contributed by atoms with Crippen LogP contribution in [0.1, 0.15) is 11.7 Å². The lowest BCUT2D eigenvalue weighted by Crippen LogP contribution is -2.28. The van der Waals surface area contributed by atoms with Crippen molar-refractivity contribution in [2.24, 2.45) is 0 Å². The summed E-state index contributed by atoms with van der Waals surface area (Å²) in [6.45, 7) is 6.62. The Balaban J connectivity index is 2.40. The summed E-state index contributed by atoms with van der Waals surface area (Å²) in [4.78, 5) is 0. The third kappa shape index (κ3) is 3.33. The molecule has 0 saturated heterocycles. The van der Waals surface area contributed by atoms with E-state index in [0.717, 1.165) is 10.0 Å². The van der Waals surface area contributed by atoms with E-state index in [-0.39, 0.29) is 6.10 Å². The van der Waals surface area contributed by atoms with E-state index in [1.807, 2.05) is 24.3 Å². The third-order valence-corrected chi connectivity index (χ3v) is 4.23. The molecular weight excluding hydrogens is 304 g/mol. The van der Waals surface area contributed by atoms with Gasteiger partial charge in [-0.1, -0.05) is 40.2 Å². The van der Waals surface area contributed by atoms with Crippen molar-refractivity contribution < 1.29 is 4.43 Å². The van der Waals surface area contributed by atoms with Gasteiger partial charge in [0.15, 0.2) is 8.32 Å². The highest BCUT2D eigenvalue weighted by Crippen LogP contribution is 2.34. The maximum absolute atomic E-state index is 6.33. The summed E-state index contributed by atoms with van der Waals surface area (Å²) in [7, 11) is -1.62. The molecule has 2 rings (SSSR count). The minimum Gasteiger partial charge on any atom is -0.406 e. The van der Waals surface area contributed by atoms with E-state index < -0.39 is 8.32 Å². The molecule has 1 aliphatic rings. The van der Waals surface area contributed by atoms with Gasteiger partial charge in [-0.3, -0.25) is 0 Å². The quantitative estimate of drug-likeness (QED) is 0.560. The van der Waals surface area contributed by atoms with Crippen LogP contribution in [-0.2, 0) is 4.43 Å². The first-order chi connectivity index (χ1) is 8.47. The number of hydrogen-bond donors (Lipinski definition) is 0. The average molecular weight is 321 g/mol. The molecule has 1 aromatic rings. The number of benzene rings is 1. The minimum atomic E-state index is -1.62. The Morgan fingerprint density at radius 1 is 1.22 bits per heavy atom. The lowest BCUT2D eigenvalue weighted by atomic mass is 10.0. The van der Waals surface area contributed by atoms with Crippen molar-refractivity contribution in [1.82, 2.24) is 0 Å². The van der Waals surface area contributed by atoms with Gasteiger partial charge in [-0.15, -0.1) is 5.73 Å². The van der Waals surface area contributed by atoms with Crippen molar-refractivity contribution >= 4 is 24.2 Å². The zero-order chi connectivity index (χ0) is 13.2. The molecule has 0 amide bonds. The molecule has 0 bridgehead atoms. The maximum atomic E-state index is 6.33. The minimum absolute atomic E-state index is 0.0257. The van der Waals surface area contributed by atoms with Crippen molar-refractivity contribution in [3.63, 3.8) is 0 Å². The third-order valence-electron chi connectivity index (χ3n) is 2.56. The zero-order valence-electron chi connectivity index (χ0n) is 10.9. The van der Waals surface area contributed by atoms with Gasteiger partial charge in [0, 0.05) is 10.0 Å². The molecule has 1 unspecified atom stereocenters. The van der Waals surface area contributed by atoms with Crippen molar-refractivity contribution in [3.8, 4) is 0 Å². The number of halogens is 1. The fraction of sp³-hybridized carbons (Fsp3) is 0.267. The van der Waals surface area contributed by atoms with Crippen molar-refractivity contribution in [3.05, 3.63) is 63.8 Å². The Morgan fingerprint density at radius 3 is 2.50 bits per heavy atom. The second kappa shape index (κ2) is 5.41. The summed E-state index contributed by atoms with van der Waals surface area (Å²) >= 11 is 3.61. The van der Waals surface area contributed by atoms with Crippen LogP contribution in [0, 0.1) is 0 Å².